The van der Waals surface area contributed by atoms with E-state index >= 15 is 0 Å². The van der Waals surface area contributed by atoms with E-state index in [9.17, 15) is 9.59 Å². The molecule has 21 heavy (non-hydrogen) atoms. The number of piperidine rings is 1. The zero-order valence-corrected chi connectivity index (χ0v) is 12.4. The Hall–Kier alpha value is -2.24. The molecule has 1 aliphatic rings. The molecule has 0 aliphatic carbocycles. The Labute approximate surface area is 124 Å². The number of benzene rings is 1. The van der Waals surface area contributed by atoms with Gasteiger partial charge in [0.15, 0.2) is 0 Å². The smallest absolute Gasteiger partial charge is 0.340 e. The molecule has 0 aromatic heterocycles. The monoisotopic (exact) mass is 291 g/mol. The zero-order chi connectivity index (χ0) is 15.4. The van der Waals surface area contributed by atoms with E-state index < -0.39 is 5.97 Å². The van der Waals surface area contributed by atoms with E-state index in [4.69, 9.17) is 10.5 Å². The van der Waals surface area contributed by atoms with E-state index in [-0.39, 0.29) is 11.9 Å². The molecule has 0 unspecified atom stereocenters. The quantitative estimate of drug-likeness (QED) is 0.645. The Morgan fingerprint density at radius 2 is 2.00 bits per heavy atom. The fraction of sp³-hybridized carbons (Fsp3) is 0.467. The lowest BCUT2D eigenvalue weighted by Crippen LogP contribution is -2.44. The van der Waals surface area contributed by atoms with Crippen LogP contribution in [0.25, 0.3) is 0 Å². The van der Waals surface area contributed by atoms with Crippen molar-refractivity contribution in [1.82, 2.24) is 5.32 Å². The maximum atomic E-state index is 11.7. The van der Waals surface area contributed by atoms with Gasteiger partial charge in [0.05, 0.1) is 12.7 Å². The van der Waals surface area contributed by atoms with Crippen molar-refractivity contribution in [2.45, 2.75) is 25.8 Å². The van der Waals surface area contributed by atoms with Crippen LogP contribution in [-0.4, -0.2) is 38.1 Å². The molecule has 0 atom stereocenters. The lowest BCUT2D eigenvalue weighted by atomic mass is 10.0. The van der Waals surface area contributed by atoms with E-state index in [0.29, 0.717) is 11.3 Å². The molecular weight excluding hydrogens is 270 g/mol. The highest BCUT2D eigenvalue weighted by Gasteiger charge is 2.21. The van der Waals surface area contributed by atoms with Gasteiger partial charge in [-0.15, -0.1) is 0 Å². The van der Waals surface area contributed by atoms with Crippen molar-refractivity contribution in [3.05, 3.63) is 23.8 Å². The number of nitrogen functional groups attached to an aromatic ring is 1. The van der Waals surface area contributed by atoms with E-state index in [1.165, 1.54) is 14.0 Å². The Kier molecular flexibility index (Phi) is 4.67. The third kappa shape index (κ3) is 3.65. The third-order valence-corrected chi connectivity index (χ3v) is 3.71. The molecule has 6 nitrogen and oxygen atoms in total. The highest BCUT2D eigenvalue weighted by atomic mass is 16.5. The summed E-state index contributed by atoms with van der Waals surface area (Å²) in [7, 11) is 1.34. The number of carbonyl (C=O) groups excluding carboxylic acids is 2. The Morgan fingerprint density at radius 3 is 2.57 bits per heavy atom. The number of methoxy groups -OCH3 is 1. The van der Waals surface area contributed by atoms with Crippen molar-refractivity contribution in [1.29, 1.82) is 0 Å². The number of carbonyl (C=O) groups is 2. The molecule has 0 saturated carbocycles. The van der Waals surface area contributed by atoms with Gasteiger partial charge in [0, 0.05) is 37.4 Å². The van der Waals surface area contributed by atoms with Gasteiger partial charge < -0.3 is 20.7 Å². The molecule has 1 aliphatic heterocycles. The number of rotatable bonds is 3. The maximum absolute atomic E-state index is 11.7. The molecule has 0 spiro atoms. The van der Waals surface area contributed by atoms with Crippen LogP contribution in [0.4, 0.5) is 11.4 Å². The van der Waals surface area contributed by atoms with Crippen LogP contribution in [0, 0.1) is 0 Å². The summed E-state index contributed by atoms with van der Waals surface area (Å²) in [5, 5.41) is 2.94. The Bertz CT molecular complexity index is 537. The summed E-state index contributed by atoms with van der Waals surface area (Å²) in [5.41, 5.74) is 7.56. The normalized spacial score (nSPS) is 15.6. The summed E-state index contributed by atoms with van der Waals surface area (Å²) in [6.07, 6.45) is 1.77. The number of ether oxygens (including phenoxy) is 1. The van der Waals surface area contributed by atoms with Crippen LogP contribution in [0.3, 0.4) is 0 Å². The van der Waals surface area contributed by atoms with Crippen molar-refractivity contribution in [3.63, 3.8) is 0 Å². The van der Waals surface area contributed by atoms with E-state index in [2.05, 4.69) is 10.2 Å². The lowest BCUT2D eigenvalue weighted by Gasteiger charge is -2.34. The molecule has 114 valence electrons. The average Bonchev–Trinajstić information content (AvgIpc) is 2.47. The SMILES string of the molecule is COC(=O)c1cc(N2CCC(NC(C)=O)CC2)ccc1N. The second-order valence-electron chi connectivity index (χ2n) is 5.22. The van der Waals surface area contributed by atoms with Gasteiger partial charge in [-0.1, -0.05) is 0 Å². The second kappa shape index (κ2) is 6.47. The number of esters is 1. The number of anilines is 2. The van der Waals surface area contributed by atoms with Gasteiger partial charge in [-0.05, 0) is 31.0 Å². The summed E-state index contributed by atoms with van der Waals surface area (Å²) in [4.78, 5) is 24.9. The van der Waals surface area contributed by atoms with Crippen LogP contribution in [0.15, 0.2) is 18.2 Å². The van der Waals surface area contributed by atoms with Crippen molar-refractivity contribution in [2.24, 2.45) is 0 Å². The van der Waals surface area contributed by atoms with Crippen LogP contribution in [0.2, 0.25) is 0 Å². The van der Waals surface area contributed by atoms with Gasteiger partial charge in [-0.3, -0.25) is 4.79 Å². The molecule has 2 rings (SSSR count). The molecule has 1 aromatic carbocycles. The van der Waals surface area contributed by atoms with E-state index in [1.54, 1.807) is 12.1 Å². The predicted octanol–water partition coefficient (Wildman–Crippen LogP) is 1.16. The fourth-order valence-corrected chi connectivity index (χ4v) is 2.60. The van der Waals surface area contributed by atoms with Crippen molar-refractivity contribution in [2.75, 3.05) is 30.8 Å². The minimum atomic E-state index is -0.428. The molecule has 1 aromatic rings. The minimum absolute atomic E-state index is 0.00825. The van der Waals surface area contributed by atoms with Crippen molar-refractivity contribution in [3.8, 4) is 0 Å². The number of amides is 1. The number of nitrogens with zero attached hydrogens (tertiary/aromatic N) is 1. The topological polar surface area (TPSA) is 84.7 Å². The first-order chi connectivity index (χ1) is 10.0. The highest BCUT2D eigenvalue weighted by Crippen LogP contribution is 2.25. The maximum Gasteiger partial charge on any atom is 0.340 e. The summed E-state index contributed by atoms with van der Waals surface area (Å²) >= 11 is 0. The average molecular weight is 291 g/mol. The molecular formula is C15H21N3O3. The first kappa shape index (κ1) is 15.2. The number of hydrogen-bond donors (Lipinski definition) is 2. The molecule has 1 saturated heterocycles. The van der Waals surface area contributed by atoms with Crippen molar-refractivity contribution >= 4 is 23.3 Å². The molecule has 1 heterocycles. The standard InChI is InChI=1S/C15H21N3O3/c1-10(19)17-11-5-7-18(8-6-11)12-3-4-14(16)13(9-12)15(20)21-2/h3-4,9,11H,5-8,16H2,1-2H3,(H,17,19). The number of nitrogens with two attached hydrogens (primary N) is 1. The molecule has 1 amide bonds. The third-order valence-electron chi connectivity index (χ3n) is 3.71. The van der Waals surface area contributed by atoms with Gasteiger partial charge in [0.25, 0.3) is 0 Å². The van der Waals surface area contributed by atoms with Crippen LogP contribution >= 0.6 is 0 Å². The molecule has 1 fully saturated rings. The van der Waals surface area contributed by atoms with Crippen LogP contribution in [-0.2, 0) is 9.53 Å². The van der Waals surface area contributed by atoms with E-state index in [1.807, 2.05) is 6.07 Å². The first-order valence-corrected chi connectivity index (χ1v) is 7.01. The van der Waals surface area contributed by atoms with Crippen LogP contribution in [0.1, 0.15) is 30.1 Å². The zero-order valence-electron chi connectivity index (χ0n) is 12.4. The predicted molar refractivity (Wildman–Crippen MR) is 81.2 cm³/mol. The van der Waals surface area contributed by atoms with Gasteiger partial charge in [0.1, 0.15) is 0 Å². The second-order valence-corrected chi connectivity index (χ2v) is 5.22. The van der Waals surface area contributed by atoms with Gasteiger partial charge in [0.2, 0.25) is 5.91 Å². The summed E-state index contributed by atoms with van der Waals surface area (Å²) in [6, 6.07) is 5.62. The number of nitrogens with one attached hydrogen (secondary N) is 1. The Morgan fingerprint density at radius 1 is 1.33 bits per heavy atom. The van der Waals surface area contributed by atoms with Gasteiger partial charge in [-0.25, -0.2) is 4.79 Å². The summed E-state index contributed by atoms with van der Waals surface area (Å²) in [5.74, 6) is -0.420. The van der Waals surface area contributed by atoms with Gasteiger partial charge >= 0.3 is 5.97 Å². The largest absolute Gasteiger partial charge is 0.465 e. The summed E-state index contributed by atoms with van der Waals surface area (Å²) in [6.45, 7) is 3.19. The Balaban J connectivity index is 2.07. The molecule has 6 heteroatoms. The van der Waals surface area contributed by atoms with Crippen LogP contribution < -0.4 is 16.0 Å². The molecule has 0 radical (unpaired) electrons. The first-order valence-electron chi connectivity index (χ1n) is 7.01. The van der Waals surface area contributed by atoms with E-state index in [0.717, 1.165) is 31.6 Å². The minimum Gasteiger partial charge on any atom is -0.465 e. The summed E-state index contributed by atoms with van der Waals surface area (Å²) < 4.78 is 4.74. The number of hydrogen-bond acceptors (Lipinski definition) is 5. The van der Waals surface area contributed by atoms with Crippen LogP contribution in [0.5, 0.6) is 0 Å². The van der Waals surface area contributed by atoms with Crippen molar-refractivity contribution < 1.29 is 14.3 Å². The van der Waals surface area contributed by atoms with Gasteiger partial charge in [-0.2, -0.15) is 0 Å². The molecule has 3 N–H and O–H groups in total. The highest BCUT2D eigenvalue weighted by molar-refractivity contribution is 5.96. The lowest BCUT2D eigenvalue weighted by molar-refractivity contribution is -0.119. The fourth-order valence-electron chi connectivity index (χ4n) is 2.60. The molecule has 0 bridgehead atoms.